The molecule has 3 rings (SSSR count). The minimum Gasteiger partial charge on any atom is -0.347 e. The van der Waals surface area contributed by atoms with Crippen LogP contribution < -0.4 is 10.6 Å². The highest BCUT2D eigenvalue weighted by Crippen LogP contribution is 2.29. The van der Waals surface area contributed by atoms with Crippen molar-refractivity contribution >= 4 is 11.8 Å². The molecule has 0 spiro atoms. The topological polar surface area (TPSA) is 58.2 Å². The van der Waals surface area contributed by atoms with Crippen molar-refractivity contribution in [2.24, 2.45) is 5.92 Å². The zero-order valence-corrected chi connectivity index (χ0v) is 16.1. The van der Waals surface area contributed by atoms with Crippen molar-refractivity contribution in [2.75, 3.05) is 0 Å². The normalized spacial score (nSPS) is 18.1. The maximum absolute atomic E-state index is 13.1. The second-order valence-corrected chi connectivity index (χ2v) is 7.35. The second kappa shape index (κ2) is 8.85. The lowest BCUT2D eigenvalue weighted by molar-refractivity contribution is -0.125. The number of hydrogen-bond acceptors (Lipinski definition) is 2. The molecule has 2 N–H and O–H groups in total. The summed E-state index contributed by atoms with van der Waals surface area (Å²) in [7, 11) is 0. The Balaban J connectivity index is 1.74. The number of carbonyl (C=O) groups is 2. The van der Waals surface area contributed by atoms with Crippen LogP contribution in [0.3, 0.4) is 0 Å². The summed E-state index contributed by atoms with van der Waals surface area (Å²) in [5, 5.41) is 6.14. The number of hydrogen-bond donors (Lipinski definition) is 2. The maximum Gasteiger partial charge on any atom is 0.251 e. The van der Waals surface area contributed by atoms with Gasteiger partial charge in [0.2, 0.25) is 5.91 Å². The van der Waals surface area contributed by atoms with Gasteiger partial charge in [0.05, 0.1) is 6.04 Å². The monoisotopic (exact) mass is 364 g/mol. The van der Waals surface area contributed by atoms with Crippen LogP contribution in [0.25, 0.3) is 0 Å². The van der Waals surface area contributed by atoms with E-state index >= 15 is 0 Å². The smallest absolute Gasteiger partial charge is 0.251 e. The van der Waals surface area contributed by atoms with Gasteiger partial charge in [-0.1, -0.05) is 62.7 Å². The fourth-order valence-electron chi connectivity index (χ4n) is 3.68. The predicted octanol–water partition coefficient (Wildman–Crippen LogP) is 4.02. The molecule has 3 unspecified atom stereocenters. The molecule has 27 heavy (non-hydrogen) atoms. The van der Waals surface area contributed by atoms with E-state index in [-0.39, 0.29) is 23.8 Å². The van der Waals surface area contributed by atoms with E-state index in [0.29, 0.717) is 5.56 Å². The van der Waals surface area contributed by atoms with Gasteiger partial charge in [0.25, 0.3) is 5.91 Å². The molecule has 2 aromatic rings. The average molecular weight is 364 g/mol. The molecule has 0 saturated carbocycles. The van der Waals surface area contributed by atoms with E-state index in [2.05, 4.69) is 22.8 Å². The minimum atomic E-state index is -0.545. The summed E-state index contributed by atoms with van der Waals surface area (Å²) in [6.45, 7) is 4.04. The molecule has 0 radical (unpaired) electrons. The van der Waals surface area contributed by atoms with Gasteiger partial charge < -0.3 is 10.6 Å². The Labute approximate surface area is 161 Å². The Morgan fingerprint density at radius 3 is 2.52 bits per heavy atom. The van der Waals surface area contributed by atoms with Gasteiger partial charge in [-0.25, -0.2) is 0 Å². The summed E-state index contributed by atoms with van der Waals surface area (Å²) in [6, 6.07) is 16.8. The lowest BCUT2D eigenvalue weighted by Gasteiger charge is -2.30. The molecule has 4 nitrogen and oxygen atoms in total. The Morgan fingerprint density at radius 1 is 1.07 bits per heavy atom. The number of nitrogens with one attached hydrogen (secondary N) is 2. The van der Waals surface area contributed by atoms with E-state index in [1.165, 1.54) is 11.1 Å². The molecule has 0 aliphatic heterocycles. The highest BCUT2D eigenvalue weighted by atomic mass is 16.2. The van der Waals surface area contributed by atoms with Crippen molar-refractivity contribution in [2.45, 2.75) is 51.6 Å². The largest absolute Gasteiger partial charge is 0.347 e. The van der Waals surface area contributed by atoms with Crippen molar-refractivity contribution < 1.29 is 9.59 Å². The van der Waals surface area contributed by atoms with Gasteiger partial charge in [0, 0.05) is 5.56 Å². The molecule has 4 heteroatoms. The van der Waals surface area contributed by atoms with Gasteiger partial charge in [0.15, 0.2) is 0 Å². The van der Waals surface area contributed by atoms with Crippen LogP contribution in [-0.2, 0) is 11.2 Å². The number of fused-ring (bicyclic) bond motifs is 1. The molecule has 2 aromatic carbocycles. The van der Waals surface area contributed by atoms with Crippen LogP contribution in [0.2, 0.25) is 0 Å². The molecule has 3 atom stereocenters. The summed E-state index contributed by atoms with van der Waals surface area (Å²) in [6.07, 6.45) is 3.87. The minimum absolute atomic E-state index is 0.0163. The summed E-state index contributed by atoms with van der Waals surface area (Å²) >= 11 is 0. The standard InChI is InChI=1S/C23H28N2O2/c1-3-16(2)21(25-22(26)18-11-5-4-6-12-18)23(27)24-20-15-9-13-17-10-7-8-14-19(17)20/h4-8,10-12,14,16,20-21H,3,9,13,15H2,1-2H3,(H,24,27)(H,25,26). The fourth-order valence-corrected chi connectivity index (χ4v) is 3.68. The zero-order valence-electron chi connectivity index (χ0n) is 16.1. The van der Waals surface area contributed by atoms with E-state index in [4.69, 9.17) is 0 Å². The van der Waals surface area contributed by atoms with Crippen molar-refractivity contribution in [1.82, 2.24) is 10.6 Å². The number of rotatable bonds is 6. The zero-order chi connectivity index (χ0) is 19.2. The lowest BCUT2D eigenvalue weighted by atomic mass is 9.87. The first kappa shape index (κ1) is 19.2. The van der Waals surface area contributed by atoms with Crippen LogP contribution in [0.4, 0.5) is 0 Å². The van der Waals surface area contributed by atoms with E-state index in [9.17, 15) is 9.59 Å². The van der Waals surface area contributed by atoms with Crippen LogP contribution >= 0.6 is 0 Å². The number of amides is 2. The van der Waals surface area contributed by atoms with Gasteiger partial charge in [-0.3, -0.25) is 9.59 Å². The van der Waals surface area contributed by atoms with Crippen molar-refractivity contribution in [3.8, 4) is 0 Å². The third kappa shape index (κ3) is 4.57. The summed E-state index contributed by atoms with van der Waals surface area (Å²) in [5.74, 6) is -0.257. The first-order valence-corrected chi connectivity index (χ1v) is 9.84. The SMILES string of the molecule is CCC(C)C(NC(=O)c1ccccc1)C(=O)NC1CCCc2ccccc21. The van der Waals surface area contributed by atoms with Gasteiger partial charge >= 0.3 is 0 Å². The summed E-state index contributed by atoms with van der Waals surface area (Å²) in [4.78, 5) is 25.6. The van der Waals surface area contributed by atoms with E-state index in [0.717, 1.165) is 25.7 Å². The molecule has 0 heterocycles. The van der Waals surface area contributed by atoms with E-state index in [1.54, 1.807) is 12.1 Å². The van der Waals surface area contributed by atoms with Crippen LogP contribution in [-0.4, -0.2) is 17.9 Å². The molecule has 1 aliphatic rings. The Morgan fingerprint density at radius 2 is 1.78 bits per heavy atom. The Bertz CT molecular complexity index is 788. The molecule has 0 saturated heterocycles. The molecule has 0 fully saturated rings. The van der Waals surface area contributed by atoms with Crippen molar-refractivity contribution in [3.63, 3.8) is 0 Å². The highest BCUT2D eigenvalue weighted by molar-refractivity contribution is 5.97. The van der Waals surface area contributed by atoms with Crippen LogP contribution in [0.5, 0.6) is 0 Å². The van der Waals surface area contributed by atoms with E-state index < -0.39 is 6.04 Å². The molecule has 1 aliphatic carbocycles. The molecule has 0 bridgehead atoms. The van der Waals surface area contributed by atoms with Gasteiger partial charge in [-0.2, -0.15) is 0 Å². The third-order valence-electron chi connectivity index (χ3n) is 5.50. The lowest BCUT2D eigenvalue weighted by Crippen LogP contribution is -2.51. The summed E-state index contributed by atoms with van der Waals surface area (Å²) in [5.41, 5.74) is 3.08. The third-order valence-corrected chi connectivity index (χ3v) is 5.50. The fraction of sp³-hybridized carbons (Fsp3) is 0.391. The first-order valence-electron chi connectivity index (χ1n) is 9.84. The average Bonchev–Trinajstić information content (AvgIpc) is 2.72. The predicted molar refractivity (Wildman–Crippen MR) is 107 cm³/mol. The molecule has 142 valence electrons. The van der Waals surface area contributed by atoms with Gasteiger partial charge in [-0.05, 0) is 48.4 Å². The number of carbonyl (C=O) groups excluding carboxylic acids is 2. The second-order valence-electron chi connectivity index (χ2n) is 7.35. The van der Waals surface area contributed by atoms with Gasteiger partial charge in [0.1, 0.15) is 6.04 Å². The van der Waals surface area contributed by atoms with Crippen LogP contribution in [0.1, 0.15) is 60.6 Å². The van der Waals surface area contributed by atoms with Crippen molar-refractivity contribution in [1.29, 1.82) is 0 Å². The molecular weight excluding hydrogens is 336 g/mol. The first-order chi connectivity index (χ1) is 13.1. The molecule has 0 aromatic heterocycles. The van der Waals surface area contributed by atoms with Crippen LogP contribution in [0.15, 0.2) is 54.6 Å². The molecule has 2 amide bonds. The van der Waals surface area contributed by atoms with Gasteiger partial charge in [-0.15, -0.1) is 0 Å². The Hall–Kier alpha value is -2.62. The Kier molecular flexibility index (Phi) is 6.28. The van der Waals surface area contributed by atoms with E-state index in [1.807, 2.05) is 44.2 Å². The van der Waals surface area contributed by atoms with Crippen LogP contribution in [0, 0.1) is 5.92 Å². The molecular formula is C23H28N2O2. The number of benzene rings is 2. The highest BCUT2D eigenvalue weighted by Gasteiger charge is 2.29. The quantitative estimate of drug-likeness (QED) is 0.813. The van der Waals surface area contributed by atoms with Crippen molar-refractivity contribution in [3.05, 3.63) is 71.3 Å². The number of aryl methyl sites for hydroxylation is 1. The summed E-state index contributed by atoms with van der Waals surface area (Å²) < 4.78 is 0. The maximum atomic E-state index is 13.1.